The number of amides is 1. The Hall–Kier alpha value is -1.92. The molecule has 1 amide bonds. The lowest BCUT2D eigenvalue weighted by molar-refractivity contribution is -0.124. The highest BCUT2D eigenvalue weighted by Gasteiger charge is 2.44. The third-order valence-electron chi connectivity index (χ3n) is 4.18. The molecule has 116 valence electrons. The maximum Gasteiger partial charge on any atom is 0.271 e. The molecule has 4 rings (SSSR count). The molecule has 2 heterocycles. The molecule has 0 aliphatic carbocycles. The molecule has 2 aromatic rings. The normalized spacial score (nSPS) is 21.6. The maximum atomic E-state index is 12.6. The number of allylic oxidation sites excluding steroid dienone is 1. The van der Waals surface area contributed by atoms with Crippen LogP contribution < -0.4 is 0 Å². The minimum atomic E-state index is -3.76. The van der Waals surface area contributed by atoms with E-state index in [4.69, 9.17) is 0 Å². The monoisotopic (exact) mass is 389 g/mol. The van der Waals surface area contributed by atoms with Crippen molar-refractivity contribution in [2.24, 2.45) is 0 Å². The van der Waals surface area contributed by atoms with E-state index >= 15 is 0 Å². The van der Waals surface area contributed by atoms with Crippen LogP contribution in [-0.2, 0) is 14.8 Å². The Morgan fingerprint density at radius 2 is 1.74 bits per heavy atom. The van der Waals surface area contributed by atoms with Crippen LogP contribution in [0.3, 0.4) is 0 Å². The van der Waals surface area contributed by atoms with Crippen LogP contribution in [0.25, 0.3) is 5.70 Å². The molecule has 1 atom stereocenters. The van der Waals surface area contributed by atoms with Crippen LogP contribution in [0.5, 0.6) is 0 Å². The molecule has 0 saturated heterocycles. The van der Waals surface area contributed by atoms with E-state index in [9.17, 15) is 13.2 Å². The molecule has 2 aromatic carbocycles. The third-order valence-corrected chi connectivity index (χ3v) is 6.50. The molecule has 0 radical (unpaired) electrons. The number of carbonyl (C=O) groups excluding carboxylic acids is 1. The number of rotatable bonds is 1. The van der Waals surface area contributed by atoms with E-state index in [-0.39, 0.29) is 23.1 Å². The largest absolute Gasteiger partial charge is 0.273 e. The second-order valence-electron chi connectivity index (χ2n) is 5.57. The number of sulfonamides is 1. The topological polar surface area (TPSA) is 54.5 Å². The molecular weight excluding hydrogens is 378 g/mol. The first kappa shape index (κ1) is 14.7. The van der Waals surface area contributed by atoms with E-state index < -0.39 is 10.0 Å². The van der Waals surface area contributed by atoms with Gasteiger partial charge in [-0.2, -0.15) is 0 Å². The highest BCUT2D eigenvalue weighted by molar-refractivity contribution is 9.10. The third kappa shape index (κ3) is 2.16. The van der Waals surface area contributed by atoms with Crippen molar-refractivity contribution in [1.82, 2.24) is 4.31 Å². The van der Waals surface area contributed by atoms with Crippen LogP contribution >= 0.6 is 15.9 Å². The summed E-state index contributed by atoms with van der Waals surface area (Å²) in [5, 5.41) is 0. The van der Waals surface area contributed by atoms with E-state index in [1.54, 1.807) is 24.3 Å². The van der Waals surface area contributed by atoms with E-state index in [1.807, 2.05) is 30.3 Å². The number of benzene rings is 2. The summed E-state index contributed by atoms with van der Waals surface area (Å²) in [6, 6.07) is 14.5. The van der Waals surface area contributed by atoms with Gasteiger partial charge in [0.15, 0.2) is 0 Å². The molecule has 0 spiro atoms. The maximum absolute atomic E-state index is 12.6. The van der Waals surface area contributed by atoms with Gasteiger partial charge >= 0.3 is 0 Å². The average Bonchev–Trinajstić information content (AvgIpc) is 2.77. The zero-order chi connectivity index (χ0) is 16.2. The average molecular weight is 390 g/mol. The summed E-state index contributed by atoms with van der Waals surface area (Å²) in [6.07, 6.45) is 2.03. The minimum Gasteiger partial charge on any atom is -0.273 e. The summed E-state index contributed by atoms with van der Waals surface area (Å²) < 4.78 is 27.1. The fourth-order valence-electron chi connectivity index (χ4n) is 3.11. The van der Waals surface area contributed by atoms with Crippen molar-refractivity contribution < 1.29 is 13.2 Å². The number of hydrogen-bond donors (Lipinski definition) is 0. The summed E-state index contributed by atoms with van der Waals surface area (Å²) in [5.74, 6) is -0.505. The Kier molecular flexibility index (Phi) is 3.21. The molecule has 0 saturated carbocycles. The van der Waals surface area contributed by atoms with Crippen LogP contribution in [0.15, 0.2) is 64.0 Å². The van der Waals surface area contributed by atoms with Crippen molar-refractivity contribution >= 4 is 37.6 Å². The van der Waals surface area contributed by atoms with Crippen LogP contribution in [0.4, 0.5) is 0 Å². The van der Waals surface area contributed by atoms with Gasteiger partial charge in [-0.3, -0.25) is 4.79 Å². The zero-order valence-electron chi connectivity index (χ0n) is 11.9. The standard InChI is InChI=1S/C17H12BrNO3S/c18-13-7-5-11(6-8-13)12-9-15-14-3-1-2-4-16(14)23(21,22)19(15)17(20)10-12/h1-9,12H,10H2/t12-/m1/s1. The molecule has 2 aliphatic rings. The van der Waals surface area contributed by atoms with E-state index in [2.05, 4.69) is 15.9 Å². The van der Waals surface area contributed by atoms with Gasteiger partial charge in [0, 0.05) is 22.4 Å². The molecule has 2 aliphatic heterocycles. The number of carbonyl (C=O) groups is 1. The molecule has 0 unspecified atom stereocenters. The van der Waals surface area contributed by atoms with Crippen molar-refractivity contribution in [2.45, 2.75) is 17.2 Å². The van der Waals surface area contributed by atoms with Crippen molar-refractivity contribution in [1.29, 1.82) is 0 Å². The first-order valence-electron chi connectivity index (χ1n) is 7.13. The quantitative estimate of drug-likeness (QED) is 0.749. The first-order valence-corrected chi connectivity index (χ1v) is 9.36. The van der Waals surface area contributed by atoms with Crippen molar-refractivity contribution in [2.75, 3.05) is 0 Å². The summed E-state index contributed by atoms with van der Waals surface area (Å²) >= 11 is 3.39. The summed E-state index contributed by atoms with van der Waals surface area (Å²) in [4.78, 5) is 12.7. The lowest BCUT2D eigenvalue weighted by Crippen LogP contribution is -2.34. The fourth-order valence-corrected chi connectivity index (χ4v) is 5.03. The van der Waals surface area contributed by atoms with Gasteiger partial charge < -0.3 is 0 Å². The van der Waals surface area contributed by atoms with Gasteiger partial charge in [0.1, 0.15) is 0 Å². The second kappa shape index (κ2) is 5.04. The number of halogens is 1. The van der Waals surface area contributed by atoms with Crippen molar-refractivity contribution in [3.63, 3.8) is 0 Å². The Bertz CT molecular complexity index is 948. The van der Waals surface area contributed by atoms with Crippen molar-refractivity contribution in [3.05, 3.63) is 70.2 Å². The lowest BCUT2D eigenvalue weighted by Gasteiger charge is -2.26. The molecular formula is C17H12BrNO3S. The molecule has 6 heteroatoms. The Labute approximate surface area is 142 Å². The van der Waals surface area contributed by atoms with Gasteiger partial charge in [-0.15, -0.1) is 0 Å². The van der Waals surface area contributed by atoms with Crippen molar-refractivity contribution in [3.8, 4) is 0 Å². The van der Waals surface area contributed by atoms with Crippen LogP contribution in [0, 0.1) is 0 Å². The number of nitrogens with zero attached hydrogens (tertiary/aromatic N) is 1. The smallest absolute Gasteiger partial charge is 0.271 e. The fraction of sp³-hybridized carbons (Fsp3) is 0.118. The van der Waals surface area contributed by atoms with Gasteiger partial charge in [0.25, 0.3) is 10.0 Å². The van der Waals surface area contributed by atoms with Gasteiger partial charge in [-0.25, -0.2) is 12.7 Å². The highest BCUT2D eigenvalue weighted by Crippen LogP contribution is 2.44. The van der Waals surface area contributed by atoms with Crippen LogP contribution in [0.2, 0.25) is 0 Å². The minimum absolute atomic E-state index is 0.122. The van der Waals surface area contributed by atoms with E-state index in [0.29, 0.717) is 11.3 Å². The Balaban J connectivity index is 1.88. The predicted molar refractivity (Wildman–Crippen MR) is 90.0 cm³/mol. The van der Waals surface area contributed by atoms with E-state index in [1.165, 1.54) is 0 Å². The highest BCUT2D eigenvalue weighted by atomic mass is 79.9. The van der Waals surface area contributed by atoms with Gasteiger partial charge in [-0.1, -0.05) is 52.3 Å². The molecule has 4 nitrogen and oxygen atoms in total. The summed E-state index contributed by atoms with van der Waals surface area (Å²) in [6.45, 7) is 0. The van der Waals surface area contributed by atoms with E-state index in [0.717, 1.165) is 14.3 Å². The summed E-state index contributed by atoms with van der Waals surface area (Å²) in [5.41, 5.74) is 2.07. The number of fused-ring (bicyclic) bond motifs is 3. The second-order valence-corrected chi connectivity index (χ2v) is 8.24. The van der Waals surface area contributed by atoms with Gasteiger partial charge in [0.05, 0.1) is 10.6 Å². The summed E-state index contributed by atoms with van der Waals surface area (Å²) in [7, 11) is -3.76. The zero-order valence-corrected chi connectivity index (χ0v) is 14.3. The number of hydrogen-bond acceptors (Lipinski definition) is 3. The van der Waals surface area contributed by atoms with Crippen LogP contribution in [-0.4, -0.2) is 18.6 Å². The van der Waals surface area contributed by atoms with Gasteiger partial charge in [0.2, 0.25) is 5.91 Å². The van der Waals surface area contributed by atoms with Gasteiger partial charge in [-0.05, 0) is 23.8 Å². The molecule has 0 bridgehead atoms. The first-order chi connectivity index (χ1) is 11.0. The Morgan fingerprint density at radius 3 is 2.48 bits per heavy atom. The van der Waals surface area contributed by atoms with Crippen LogP contribution in [0.1, 0.15) is 23.5 Å². The molecule has 0 aromatic heterocycles. The lowest BCUT2D eigenvalue weighted by atomic mass is 9.90. The predicted octanol–water partition coefficient (Wildman–Crippen LogP) is 3.51. The SMILES string of the molecule is O=C1C[C@H](c2ccc(Br)cc2)C=C2c3ccccc3S(=O)(=O)N12. The molecule has 0 fully saturated rings. The Morgan fingerprint density at radius 1 is 1.04 bits per heavy atom. The molecule has 0 N–H and O–H groups in total. The molecule has 23 heavy (non-hydrogen) atoms.